The molecule has 33 heavy (non-hydrogen) atoms. The molecule has 0 unspecified atom stereocenters. The number of benzene rings is 1. The van der Waals surface area contributed by atoms with Gasteiger partial charge >= 0.3 is 0 Å². The molecule has 0 spiro atoms. The van der Waals surface area contributed by atoms with Gasteiger partial charge in [0.15, 0.2) is 5.03 Å². The van der Waals surface area contributed by atoms with Crippen LogP contribution in [0.25, 0.3) is 0 Å². The number of nitrogens with one attached hydrogen (secondary N) is 3. The molecule has 5 N–H and O–H groups in total. The molecule has 0 aliphatic heterocycles. The lowest BCUT2D eigenvalue weighted by molar-refractivity contribution is -0.525. The summed E-state index contributed by atoms with van der Waals surface area (Å²) in [4.78, 5) is 39.2. The number of aliphatic imine (C=N–C) groups is 1. The van der Waals surface area contributed by atoms with Crippen LogP contribution in [0.3, 0.4) is 0 Å². The number of rotatable bonds is 15. The zero-order valence-corrected chi connectivity index (χ0v) is 20.5. The Morgan fingerprint density at radius 2 is 1.91 bits per heavy atom. The number of carbonyl (C=O) groups is 2. The van der Waals surface area contributed by atoms with Gasteiger partial charge in [-0.1, -0.05) is 49.1 Å². The first kappa shape index (κ1) is 28.2. The first-order valence-electron chi connectivity index (χ1n) is 11.1. The van der Waals surface area contributed by atoms with E-state index in [9.17, 15) is 19.7 Å². The van der Waals surface area contributed by atoms with Crippen LogP contribution in [0, 0.1) is 23.0 Å². The van der Waals surface area contributed by atoms with Gasteiger partial charge in [0.1, 0.15) is 6.04 Å². The summed E-state index contributed by atoms with van der Waals surface area (Å²) < 4.78 is 0. The van der Waals surface area contributed by atoms with Crippen molar-refractivity contribution >= 4 is 29.5 Å². The Kier molecular flexibility index (Phi) is 13.6. The maximum absolute atomic E-state index is 12.6. The number of nitrogens with zero attached hydrogens (tertiary/aromatic N) is 2. The van der Waals surface area contributed by atoms with Crippen LogP contribution in [0.1, 0.15) is 50.7 Å². The highest BCUT2D eigenvalue weighted by Gasteiger charge is 2.20. The normalized spacial score (nSPS) is 12.3. The maximum Gasteiger partial charge on any atom is 0.251 e. The first-order valence-corrected chi connectivity index (χ1v) is 12.2. The molecule has 2 amide bonds. The van der Waals surface area contributed by atoms with Gasteiger partial charge in [-0.05, 0) is 37.7 Å². The van der Waals surface area contributed by atoms with Crippen molar-refractivity contribution in [3.8, 4) is 0 Å². The Morgan fingerprint density at radius 1 is 1.21 bits per heavy atom. The Balaban J connectivity index is 2.49. The van der Waals surface area contributed by atoms with Crippen molar-refractivity contribution < 1.29 is 14.6 Å². The molecule has 0 saturated heterocycles. The van der Waals surface area contributed by atoms with Gasteiger partial charge in [0, 0.05) is 31.0 Å². The Bertz CT molecular complexity index is 786. The van der Waals surface area contributed by atoms with Crippen molar-refractivity contribution in [3.05, 3.63) is 45.5 Å². The maximum atomic E-state index is 12.6. The topological polar surface area (TPSA) is 152 Å². The Hall–Kier alpha value is -2.82. The van der Waals surface area contributed by atoms with Crippen molar-refractivity contribution in [1.29, 1.82) is 0 Å². The summed E-state index contributed by atoms with van der Waals surface area (Å²) in [6.07, 6.45) is 1.94. The van der Waals surface area contributed by atoms with Crippen LogP contribution in [0.2, 0.25) is 0 Å². The molecule has 0 aliphatic rings. The molecular formula is C22H36N6O4S. The number of amides is 2. The number of hydrogen-bond donors (Lipinski definition) is 4. The SMILES string of the molecule is Cc1ccc(CSCCC(=O)N[C@@H](CCCN=C(N)N[N+](=O)[O-])C(=O)NCCC(C)C)cc1. The van der Waals surface area contributed by atoms with Crippen LogP contribution < -0.4 is 21.8 Å². The van der Waals surface area contributed by atoms with Gasteiger partial charge < -0.3 is 16.4 Å². The predicted molar refractivity (Wildman–Crippen MR) is 132 cm³/mol. The van der Waals surface area contributed by atoms with E-state index in [0.29, 0.717) is 37.5 Å². The van der Waals surface area contributed by atoms with Gasteiger partial charge in [0.2, 0.25) is 11.8 Å². The second kappa shape index (κ2) is 15.9. The van der Waals surface area contributed by atoms with Gasteiger partial charge in [-0.2, -0.15) is 11.8 Å². The highest BCUT2D eigenvalue weighted by Crippen LogP contribution is 2.14. The predicted octanol–water partition coefficient (Wildman–Crippen LogP) is 2.14. The van der Waals surface area contributed by atoms with Crippen molar-refractivity contribution in [2.75, 3.05) is 18.8 Å². The number of hydrazine groups is 1. The largest absolute Gasteiger partial charge is 0.365 e. The summed E-state index contributed by atoms with van der Waals surface area (Å²) >= 11 is 1.67. The zero-order chi connectivity index (χ0) is 24.6. The van der Waals surface area contributed by atoms with E-state index in [-0.39, 0.29) is 24.3 Å². The van der Waals surface area contributed by atoms with Crippen LogP contribution >= 0.6 is 11.8 Å². The third kappa shape index (κ3) is 14.0. The minimum Gasteiger partial charge on any atom is -0.365 e. The van der Waals surface area contributed by atoms with Crippen LogP contribution in [-0.4, -0.2) is 47.7 Å². The molecule has 1 aromatic carbocycles. The van der Waals surface area contributed by atoms with Crippen molar-refractivity contribution in [1.82, 2.24) is 16.1 Å². The molecule has 11 heteroatoms. The monoisotopic (exact) mass is 480 g/mol. The average molecular weight is 481 g/mol. The van der Waals surface area contributed by atoms with E-state index in [1.165, 1.54) is 11.1 Å². The third-order valence-electron chi connectivity index (χ3n) is 4.67. The second-order valence-electron chi connectivity index (χ2n) is 8.16. The van der Waals surface area contributed by atoms with E-state index in [1.807, 2.05) is 6.92 Å². The van der Waals surface area contributed by atoms with Gasteiger partial charge in [-0.25, -0.2) is 15.1 Å². The fourth-order valence-corrected chi connectivity index (χ4v) is 3.71. The molecule has 1 aromatic rings. The fraction of sp³-hybridized carbons (Fsp3) is 0.591. The number of thioether (sulfide) groups is 1. The number of carbonyl (C=O) groups excluding carboxylic acids is 2. The molecule has 10 nitrogen and oxygen atoms in total. The van der Waals surface area contributed by atoms with Gasteiger partial charge in [0.25, 0.3) is 5.96 Å². The molecule has 0 fully saturated rings. The summed E-state index contributed by atoms with van der Waals surface area (Å²) in [7, 11) is 0. The summed E-state index contributed by atoms with van der Waals surface area (Å²) in [5.74, 6) is 1.20. The zero-order valence-electron chi connectivity index (χ0n) is 19.6. The van der Waals surface area contributed by atoms with Gasteiger partial charge in [-0.15, -0.1) is 0 Å². The minimum absolute atomic E-state index is 0.187. The second-order valence-corrected chi connectivity index (χ2v) is 9.27. The molecule has 0 aromatic heterocycles. The molecule has 1 rings (SSSR count). The van der Waals surface area contributed by atoms with Crippen LogP contribution in [0.5, 0.6) is 0 Å². The molecular weight excluding hydrogens is 444 g/mol. The van der Waals surface area contributed by atoms with Gasteiger partial charge in [-0.3, -0.25) is 9.59 Å². The van der Waals surface area contributed by atoms with E-state index in [0.717, 1.165) is 12.2 Å². The van der Waals surface area contributed by atoms with Crippen LogP contribution in [-0.2, 0) is 15.3 Å². The average Bonchev–Trinajstić information content (AvgIpc) is 2.73. The van der Waals surface area contributed by atoms with E-state index in [1.54, 1.807) is 17.2 Å². The van der Waals surface area contributed by atoms with Crippen molar-refractivity contribution in [2.24, 2.45) is 16.6 Å². The van der Waals surface area contributed by atoms with E-state index in [4.69, 9.17) is 5.73 Å². The Morgan fingerprint density at radius 3 is 2.55 bits per heavy atom. The molecule has 0 bridgehead atoms. The Labute approximate surface area is 199 Å². The van der Waals surface area contributed by atoms with Crippen molar-refractivity contribution in [2.45, 2.75) is 58.2 Å². The van der Waals surface area contributed by atoms with Crippen molar-refractivity contribution in [3.63, 3.8) is 0 Å². The van der Waals surface area contributed by atoms with E-state index < -0.39 is 11.1 Å². The number of guanidine groups is 1. The van der Waals surface area contributed by atoms with E-state index >= 15 is 0 Å². The lowest BCUT2D eigenvalue weighted by atomic mass is 10.1. The fourth-order valence-electron chi connectivity index (χ4n) is 2.81. The molecule has 0 heterocycles. The number of nitrogens with two attached hydrogens (primary N) is 1. The molecule has 0 saturated carbocycles. The van der Waals surface area contributed by atoms with E-state index in [2.05, 4.69) is 53.7 Å². The van der Waals surface area contributed by atoms with Crippen LogP contribution in [0.4, 0.5) is 0 Å². The lowest BCUT2D eigenvalue weighted by Crippen LogP contribution is -2.47. The lowest BCUT2D eigenvalue weighted by Gasteiger charge is -2.18. The summed E-state index contributed by atoms with van der Waals surface area (Å²) in [5, 5.41) is 15.2. The summed E-state index contributed by atoms with van der Waals surface area (Å²) in [5.41, 5.74) is 9.57. The highest BCUT2D eigenvalue weighted by molar-refractivity contribution is 7.98. The number of aryl methyl sites for hydroxylation is 1. The van der Waals surface area contributed by atoms with Gasteiger partial charge in [0.05, 0.1) is 0 Å². The third-order valence-corrected chi connectivity index (χ3v) is 5.70. The first-order chi connectivity index (χ1) is 15.7. The standard InChI is InChI=1S/C22H36N6O4S/c1-16(2)10-13-24-21(30)19(5-4-12-25-22(23)27-28(31)32)26-20(29)11-14-33-15-18-8-6-17(3)7-9-18/h6-9,16,19H,4-5,10-15H2,1-3H3,(H,24,30)(H,26,29)(H3,23,25,27)/t19-/m0/s1. The molecule has 184 valence electrons. The summed E-state index contributed by atoms with van der Waals surface area (Å²) in [6, 6.07) is 7.60. The molecule has 0 radical (unpaired) electrons. The number of nitro groups is 1. The number of hydrogen-bond acceptors (Lipinski definition) is 6. The highest BCUT2D eigenvalue weighted by atomic mass is 32.2. The smallest absolute Gasteiger partial charge is 0.251 e. The van der Waals surface area contributed by atoms with Crippen LogP contribution in [0.15, 0.2) is 29.3 Å². The quantitative estimate of drug-likeness (QED) is 0.0986. The molecule has 1 atom stereocenters. The minimum atomic E-state index is -0.791. The summed E-state index contributed by atoms with van der Waals surface area (Å²) in [6.45, 7) is 6.92. The molecule has 0 aliphatic carbocycles.